The van der Waals surface area contributed by atoms with Crippen LogP contribution in [0, 0.1) is 6.92 Å². The molecule has 3 nitrogen and oxygen atoms in total. The third-order valence-electron chi connectivity index (χ3n) is 2.64. The van der Waals surface area contributed by atoms with E-state index in [1.807, 2.05) is 43.3 Å². The van der Waals surface area contributed by atoms with Gasteiger partial charge in [0.05, 0.1) is 5.69 Å². The van der Waals surface area contributed by atoms with Crippen LogP contribution in [0.15, 0.2) is 54.6 Å². The highest BCUT2D eigenvalue weighted by Gasteiger charge is 2.03. The first kappa shape index (κ1) is 12.9. The van der Waals surface area contributed by atoms with Gasteiger partial charge in [-0.25, -0.2) is 0 Å². The fourth-order valence-electron chi connectivity index (χ4n) is 1.66. The Labute approximate surface area is 112 Å². The Bertz CT molecular complexity index is 603. The number of amides is 1. The number of phenols is 1. The number of aromatic hydroxyl groups is 1. The summed E-state index contributed by atoms with van der Waals surface area (Å²) < 4.78 is 0. The van der Waals surface area contributed by atoms with Gasteiger partial charge in [0, 0.05) is 6.08 Å². The van der Waals surface area contributed by atoms with Gasteiger partial charge < -0.3 is 10.4 Å². The summed E-state index contributed by atoms with van der Waals surface area (Å²) in [6.45, 7) is 1.88. The molecule has 96 valence electrons. The molecule has 0 aliphatic rings. The van der Waals surface area contributed by atoms with Crippen molar-refractivity contribution in [1.29, 1.82) is 0 Å². The number of hydrogen-bond donors (Lipinski definition) is 2. The summed E-state index contributed by atoms with van der Waals surface area (Å²) in [7, 11) is 0. The van der Waals surface area contributed by atoms with E-state index in [9.17, 15) is 9.90 Å². The highest BCUT2D eigenvalue weighted by atomic mass is 16.3. The number of carbonyl (C=O) groups is 1. The van der Waals surface area contributed by atoms with E-state index in [0.29, 0.717) is 5.69 Å². The van der Waals surface area contributed by atoms with Gasteiger partial charge in [-0.15, -0.1) is 0 Å². The quantitative estimate of drug-likeness (QED) is 0.651. The molecule has 0 saturated heterocycles. The molecular weight excluding hydrogens is 238 g/mol. The van der Waals surface area contributed by atoms with E-state index in [-0.39, 0.29) is 11.7 Å². The van der Waals surface area contributed by atoms with Gasteiger partial charge in [-0.1, -0.05) is 36.4 Å². The lowest BCUT2D eigenvalue weighted by Gasteiger charge is -2.05. The lowest BCUT2D eigenvalue weighted by atomic mass is 10.2. The number of hydrogen-bond acceptors (Lipinski definition) is 2. The van der Waals surface area contributed by atoms with Crippen LogP contribution in [0.25, 0.3) is 6.08 Å². The molecule has 0 saturated carbocycles. The zero-order chi connectivity index (χ0) is 13.7. The van der Waals surface area contributed by atoms with Gasteiger partial charge in [0.1, 0.15) is 5.75 Å². The summed E-state index contributed by atoms with van der Waals surface area (Å²) in [5.41, 5.74) is 2.30. The van der Waals surface area contributed by atoms with E-state index < -0.39 is 0 Å². The SMILES string of the molecule is Cc1ccc(NC(=O)/C=C/c2ccccc2)c(O)c1. The maximum absolute atomic E-state index is 11.7. The summed E-state index contributed by atoms with van der Waals surface area (Å²) in [5, 5.41) is 12.3. The zero-order valence-corrected chi connectivity index (χ0v) is 10.6. The van der Waals surface area contributed by atoms with E-state index in [1.54, 1.807) is 18.2 Å². The topological polar surface area (TPSA) is 49.3 Å². The van der Waals surface area contributed by atoms with Crippen molar-refractivity contribution >= 4 is 17.7 Å². The smallest absolute Gasteiger partial charge is 0.248 e. The molecule has 1 amide bonds. The van der Waals surface area contributed by atoms with Gasteiger partial charge in [-0.05, 0) is 36.3 Å². The largest absolute Gasteiger partial charge is 0.506 e. The summed E-state index contributed by atoms with van der Waals surface area (Å²) in [6.07, 6.45) is 3.16. The Hall–Kier alpha value is -2.55. The van der Waals surface area contributed by atoms with Gasteiger partial charge in [-0.2, -0.15) is 0 Å². The minimum atomic E-state index is -0.275. The van der Waals surface area contributed by atoms with Crippen LogP contribution in [-0.4, -0.2) is 11.0 Å². The molecule has 0 unspecified atom stereocenters. The second-order valence-electron chi connectivity index (χ2n) is 4.25. The molecule has 0 bridgehead atoms. The molecule has 0 radical (unpaired) electrons. The number of anilines is 1. The van der Waals surface area contributed by atoms with Crippen molar-refractivity contribution in [2.24, 2.45) is 0 Å². The number of carbonyl (C=O) groups excluding carboxylic acids is 1. The van der Waals surface area contributed by atoms with E-state index in [4.69, 9.17) is 0 Å². The van der Waals surface area contributed by atoms with Crippen molar-refractivity contribution in [2.45, 2.75) is 6.92 Å². The maximum atomic E-state index is 11.7. The van der Waals surface area contributed by atoms with Crippen molar-refractivity contribution < 1.29 is 9.90 Å². The maximum Gasteiger partial charge on any atom is 0.248 e. The van der Waals surface area contributed by atoms with Gasteiger partial charge in [-0.3, -0.25) is 4.79 Å². The Balaban J connectivity index is 2.04. The first-order chi connectivity index (χ1) is 9.15. The van der Waals surface area contributed by atoms with E-state index in [2.05, 4.69) is 5.32 Å². The van der Waals surface area contributed by atoms with Crippen LogP contribution in [0.1, 0.15) is 11.1 Å². The average Bonchev–Trinajstić information content (AvgIpc) is 2.41. The average molecular weight is 253 g/mol. The van der Waals surface area contributed by atoms with Crippen LogP contribution in [0.5, 0.6) is 5.75 Å². The fraction of sp³-hybridized carbons (Fsp3) is 0.0625. The molecule has 2 aromatic carbocycles. The molecule has 0 atom stereocenters. The van der Waals surface area contributed by atoms with Crippen LogP contribution in [-0.2, 0) is 4.79 Å². The van der Waals surface area contributed by atoms with Gasteiger partial charge in [0.25, 0.3) is 0 Å². The van der Waals surface area contributed by atoms with Crippen LogP contribution >= 0.6 is 0 Å². The van der Waals surface area contributed by atoms with Gasteiger partial charge in [0.15, 0.2) is 0 Å². The number of nitrogens with one attached hydrogen (secondary N) is 1. The normalized spacial score (nSPS) is 10.6. The Morgan fingerprint density at radius 1 is 1.16 bits per heavy atom. The first-order valence-corrected chi connectivity index (χ1v) is 5.99. The molecule has 3 heteroatoms. The third kappa shape index (κ3) is 3.71. The van der Waals surface area contributed by atoms with Crippen molar-refractivity contribution in [3.63, 3.8) is 0 Å². The summed E-state index contributed by atoms with van der Waals surface area (Å²) in [4.78, 5) is 11.7. The lowest BCUT2D eigenvalue weighted by molar-refractivity contribution is -0.111. The second-order valence-corrected chi connectivity index (χ2v) is 4.25. The Morgan fingerprint density at radius 3 is 2.58 bits per heavy atom. The van der Waals surface area contributed by atoms with E-state index in [0.717, 1.165) is 11.1 Å². The molecule has 0 heterocycles. The van der Waals surface area contributed by atoms with Crippen molar-refractivity contribution in [2.75, 3.05) is 5.32 Å². The van der Waals surface area contributed by atoms with Crippen LogP contribution < -0.4 is 5.32 Å². The molecule has 2 aromatic rings. The number of benzene rings is 2. The predicted octanol–water partition coefficient (Wildman–Crippen LogP) is 3.35. The molecule has 0 aromatic heterocycles. The first-order valence-electron chi connectivity index (χ1n) is 5.99. The van der Waals surface area contributed by atoms with E-state index >= 15 is 0 Å². The standard InChI is InChI=1S/C16H15NO2/c1-12-7-9-14(15(18)11-12)17-16(19)10-8-13-5-3-2-4-6-13/h2-11,18H,1H3,(H,17,19)/b10-8+. The molecule has 19 heavy (non-hydrogen) atoms. The Kier molecular flexibility index (Phi) is 3.98. The third-order valence-corrected chi connectivity index (χ3v) is 2.64. The highest BCUT2D eigenvalue weighted by Crippen LogP contribution is 2.23. The van der Waals surface area contributed by atoms with Crippen molar-refractivity contribution in [3.05, 3.63) is 65.7 Å². The lowest BCUT2D eigenvalue weighted by Crippen LogP contribution is -2.07. The number of rotatable bonds is 3. The summed E-state index contributed by atoms with van der Waals surface area (Å²) in [5.74, 6) is -0.204. The number of phenolic OH excluding ortho intramolecular Hbond substituents is 1. The summed E-state index contributed by atoms with van der Waals surface area (Å²) >= 11 is 0. The van der Waals surface area contributed by atoms with E-state index in [1.165, 1.54) is 6.08 Å². The molecule has 2 rings (SSSR count). The van der Waals surface area contributed by atoms with Gasteiger partial charge in [0.2, 0.25) is 5.91 Å². The minimum Gasteiger partial charge on any atom is -0.506 e. The van der Waals surface area contributed by atoms with Crippen LogP contribution in [0.3, 0.4) is 0 Å². The molecule has 0 aliphatic carbocycles. The fourth-order valence-corrected chi connectivity index (χ4v) is 1.66. The minimum absolute atomic E-state index is 0.0708. The number of aryl methyl sites for hydroxylation is 1. The monoisotopic (exact) mass is 253 g/mol. The molecule has 0 spiro atoms. The highest BCUT2D eigenvalue weighted by molar-refractivity contribution is 6.02. The second kappa shape index (κ2) is 5.87. The van der Waals surface area contributed by atoms with Crippen molar-refractivity contribution in [3.8, 4) is 5.75 Å². The molecule has 0 aliphatic heterocycles. The summed E-state index contributed by atoms with van der Waals surface area (Å²) in [6, 6.07) is 14.7. The zero-order valence-electron chi connectivity index (χ0n) is 10.6. The molecule has 0 fully saturated rings. The molecule has 2 N–H and O–H groups in total. The van der Waals surface area contributed by atoms with Crippen LogP contribution in [0.2, 0.25) is 0 Å². The predicted molar refractivity (Wildman–Crippen MR) is 76.9 cm³/mol. The van der Waals surface area contributed by atoms with Crippen molar-refractivity contribution in [1.82, 2.24) is 0 Å². The van der Waals surface area contributed by atoms with Gasteiger partial charge >= 0.3 is 0 Å². The Morgan fingerprint density at radius 2 is 1.89 bits per heavy atom. The van der Waals surface area contributed by atoms with Crippen LogP contribution in [0.4, 0.5) is 5.69 Å². The molecular formula is C16H15NO2.